The molecule has 0 spiro atoms. The molecular weight excluding hydrogens is 318 g/mol. The van der Waals surface area contributed by atoms with Gasteiger partial charge in [-0.2, -0.15) is 0 Å². The minimum Gasteiger partial charge on any atom is -0.374 e. The smallest absolute Gasteiger partial charge is 0.248 e. The molecule has 0 saturated carbocycles. The van der Waals surface area contributed by atoms with Gasteiger partial charge >= 0.3 is 0 Å². The van der Waals surface area contributed by atoms with Gasteiger partial charge in [0.05, 0.1) is 11.8 Å². The van der Waals surface area contributed by atoms with Crippen molar-refractivity contribution in [2.75, 3.05) is 32.8 Å². The summed E-state index contributed by atoms with van der Waals surface area (Å²) in [5, 5.41) is 0. The predicted molar refractivity (Wildman–Crippen MR) is 93.0 cm³/mol. The highest BCUT2D eigenvalue weighted by Gasteiger charge is 2.44. The largest absolute Gasteiger partial charge is 0.374 e. The summed E-state index contributed by atoms with van der Waals surface area (Å²) < 4.78 is 12.1. The lowest BCUT2D eigenvalue weighted by atomic mass is 10.0. The zero-order valence-corrected chi connectivity index (χ0v) is 14.7. The standard InChI is InChI=1S/C19H27N3O3/c23-18(21-9-3-4-10-21)14-25-17-13-22(12-15-6-1-2-8-20-15)16-7-5-11-24-19(16)17/h1-2,6,8,16-17,19H,3-5,7,9-14H2/t16-,17-,19+/m1/s1. The van der Waals surface area contributed by atoms with Gasteiger partial charge in [-0.05, 0) is 37.8 Å². The average molecular weight is 345 g/mol. The molecule has 4 rings (SSSR count). The van der Waals surface area contributed by atoms with E-state index >= 15 is 0 Å². The van der Waals surface area contributed by atoms with E-state index in [9.17, 15) is 4.79 Å². The van der Waals surface area contributed by atoms with E-state index in [-0.39, 0.29) is 24.7 Å². The first-order valence-corrected chi connectivity index (χ1v) is 9.46. The molecule has 4 heterocycles. The van der Waals surface area contributed by atoms with Crippen LogP contribution in [0.2, 0.25) is 0 Å². The summed E-state index contributed by atoms with van der Waals surface area (Å²) in [7, 11) is 0. The second kappa shape index (κ2) is 7.81. The molecule has 25 heavy (non-hydrogen) atoms. The molecule has 3 saturated heterocycles. The van der Waals surface area contributed by atoms with E-state index in [0.717, 1.165) is 64.2 Å². The van der Waals surface area contributed by atoms with Gasteiger partial charge in [0, 0.05) is 45.0 Å². The minimum atomic E-state index is -0.0273. The van der Waals surface area contributed by atoms with Gasteiger partial charge in [-0.3, -0.25) is 14.7 Å². The van der Waals surface area contributed by atoms with E-state index in [1.807, 2.05) is 23.2 Å². The average Bonchev–Trinajstić information content (AvgIpc) is 3.30. The van der Waals surface area contributed by atoms with Crippen molar-refractivity contribution in [1.29, 1.82) is 0 Å². The molecule has 0 N–H and O–H groups in total. The maximum atomic E-state index is 12.3. The number of ether oxygens (including phenoxy) is 2. The van der Waals surface area contributed by atoms with E-state index in [1.165, 1.54) is 0 Å². The van der Waals surface area contributed by atoms with Gasteiger partial charge in [-0.25, -0.2) is 0 Å². The number of hydrogen-bond donors (Lipinski definition) is 0. The Labute approximate surface area is 149 Å². The molecule has 1 amide bonds. The lowest BCUT2D eigenvalue weighted by Gasteiger charge is -2.32. The fraction of sp³-hybridized carbons (Fsp3) is 0.684. The van der Waals surface area contributed by atoms with E-state index in [4.69, 9.17) is 9.47 Å². The Morgan fingerprint density at radius 1 is 1.28 bits per heavy atom. The third-order valence-electron chi connectivity index (χ3n) is 5.55. The quantitative estimate of drug-likeness (QED) is 0.809. The third kappa shape index (κ3) is 3.86. The summed E-state index contributed by atoms with van der Waals surface area (Å²) in [6.07, 6.45) is 6.31. The number of carbonyl (C=O) groups excluding carboxylic acids is 1. The monoisotopic (exact) mass is 345 g/mol. The Kier molecular flexibility index (Phi) is 5.29. The molecule has 6 nitrogen and oxygen atoms in total. The summed E-state index contributed by atoms with van der Waals surface area (Å²) in [6.45, 7) is 4.33. The molecule has 136 valence electrons. The molecule has 3 aliphatic rings. The molecule has 1 aromatic rings. The number of amides is 1. The Bertz CT molecular complexity index is 577. The molecule has 6 heteroatoms. The van der Waals surface area contributed by atoms with Gasteiger partial charge in [-0.1, -0.05) is 6.07 Å². The molecule has 3 aliphatic heterocycles. The van der Waals surface area contributed by atoms with Crippen molar-refractivity contribution in [2.24, 2.45) is 0 Å². The van der Waals surface area contributed by atoms with Crippen LogP contribution in [0, 0.1) is 0 Å². The molecule has 3 atom stereocenters. The summed E-state index contributed by atoms with van der Waals surface area (Å²) in [4.78, 5) is 21.0. The van der Waals surface area contributed by atoms with Crippen molar-refractivity contribution in [2.45, 2.75) is 50.5 Å². The van der Waals surface area contributed by atoms with Crippen LogP contribution >= 0.6 is 0 Å². The van der Waals surface area contributed by atoms with Crippen LogP contribution in [-0.4, -0.2) is 71.8 Å². The molecule has 3 fully saturated rings. The first kappa shape index (κ1) is 16.9. The van der Waals surface area contributed by atoms with Crippen LogP contribution in [0.15, 0.2) is 24.4 Å². The van der Waals surface area contributed by atoms with Crippen molar-refractivity contribution in [3.63, 3.8) is 0 Å². The van der Waals surface area contributed by atoms with E-state index in [1.54, 1.807) is 0 Å². The van der Waals surface area contributed by atoms with Gasteiger partial charge in [0.1, 0.15) is 12.7 Å². The number of aromatic nitrogens is 1. The highest BCUT2D eigenvalue weighted by atomic mass is 16.5. The Hall–Kier alpha value is -1.50. The van der Waals surface area contributed by atoms with Gasteiger partial charge in [-0.15, -0.1) is 0 Å². The highest BCUT2D eigenvalue weighted by Crippen LogP contribution is 2.31. The maximum absolute atomic E-state index is 12.3. The number of carbonyl (C=O) groups is 1. The van der Waals surface area contributed by atoms with Gasteiger partial charge in [0.2, 0.25) is 5.91 Å². The fourth-order valence-corrected chi connectivity index (χ4v) is 4.27. The van der Waals surface area contributed by atoms with E-state index < -0.39 is 0 Å². The molecule has 1 aromatic heterocycles. The highest BCUT2D eigenvalue weighted by molar-refractivity contribution is 5.77. The van der Waals surface area contributed by atoms with Crippen LogP contribution in [0.4, 0.5) is 0 Å². The van der Waals surface area contributed by atoms with Crippen molar-refractivity contribution in [3.8, 4) is 0 Å². The van der Waals surface area contributed by atoms with Crippen molar-refractivity contribution in [3.05, 3.63) is 30.1 Å². The third-order valence-corrected chi connectivity index (χ3v) is 5.55. The predicted octanol–water partition coefficient (Wildman–Crippen LogP) is 1.45. The second-order valence-corrected chi connectivity index (χ2v) is 7.23. The van der Waals surface area contributed by atoms with Gasteiger partial charge in [0.15, 0.2) is 0 Å². The number of nitrogens with zero attached hydrogens (tertiary/aromatic N) is 3. The van der Waals surface area contributed by atoms with Crippen LogP contribution in [0.5, 0.6) is 0 Å². The lowest BCUT2D eigenvalue weighted by molar-refractivity contribution is -0.140. The number of fused-ring (bicyclic) bond motifs is 1. The van der Waals surface area contributed by atoms with E-state index in [2.05, 4.69) is 16.0 Å². The maximum Gasteiger partial charge on any atom is 0.248 e. The Morgan fingerprint density at radius 3 is 2.96 bits per heavy atom. The van der Waals surface area contributed by atoms with Crippen LogP contribution in [0.3, 0.4) is 0 Å². The first-order valence-electron chi connectivity index (χ1n) is 9.46. The summed E-state index contributed by atoms with van der Waals surface area (Å²) >= 11 is 0. The summed E-state index contributed by atoms with van der Waals surface area (Å²) in [5.41, 5.74) is 1.07. The zero-order chi connectivity index (χ0) is 17.1. The summed E-state index contributed by atoms with van der Waals surface area (Å²) in [5.74, 6) is 0.119. The second-order valence-electron chi connectivity index (χ2n) is 7.23. The minimum absolute atomic E-state index is 0.0273. The normalized spacial score (nSPS) is 29.8. The number of pyridine rings is 1. The van der Waals surface area contributed by atoms with Crippen LogP contribution < -0.4 is 0 Å². The summed E-state index contributed by atoms with van der Waals surface area (Å²) in [6, 6.07) is 6.39. The topological polar surface area (TPSA) is 54.9 Å². The molecule has 0 aromatic carbocycles. The molecule has 0 aliphatic carbocycles. The number of likely N-dealkylation sites (tertiary alicyclic amines) is 2. The lowest BCUT2D eigenvalue weighted by Crippen LogP contribution is -2.42. The molecule has 0 radical (unpaired) electrons. The Morgan fingerprint density at radius 2 is 2.16 bits per heavy atom. The first-order chi connectivity index (χ1) is 12.3. The van der Waals surface area contributed by atoms with Gasteiger partial charge in [0.25, 0.3) is 0 Å². The van der Waals surface area contributed by atoms with Crippen LogP contribution in [0.1, 0.15) is 31.4 Å². The molecular formula is C19H27N3O3. The molecule has 0 unspecified atom stereocenters. The van der Waals surface area contributed by atoms with E-state index in [0.29, 0.717) is 6.04 Å². The Balaban J connectivity index is 1.37. The number of rotatable bonds is 5. The number of hydrogen-bond acceptors (Lipinski definition) is 5. The SMILES string of the molecule is O=C(CO[C@@H]1CN(Cc2ccccn2)[C@@H]2CCCO[C@@H]21)N1CCCC1. The van der Waals surface area contributed by atoms with Crippen LogP contribution in [0.25, 0.3) is 0 Å². The van der Waals surface area contributed by atoms with Crippen molar-refractivity contribution >= 4 is 5.91 Å². The van der Waals surface area contributed by atoms with Crippen molar-refractivity contribution < 1.29 is 14.3 Å². The van der Waals surface area contributed by atoms with Gasteiger partial charge < -0.3 is 14.4 Å². The molecule has 0 bridgehead atoms. The van der Waals surface area contributed by atoms with Crippen LogP contribution in [-0.2, 0) is 20.8 Å². The van der Waals surface area contributed by atoms with Crippen molar-refractivity contribution in [1.82, 2.24) is 14.8 Å². The fourth-order valence-electron chi connectivity index (χ4n) is 4.27. The zero-order valence-electron chi connectivity index (χ0n) is 14.7.